The van der Waals surface area contributed by atoms with Gasteiger partial charge in [0.05, 0.1) is 0 Å². The number of nitrogens with zero attached hydrogens (tertiary/aromatic N) is 2. The van der Waals surface area contributed by atoms with Gasteiger partial charge < -0.3 is 10.6 Å². The highest BCUT2D eigenvalue weighted by Crippen LogP contribution is 2.20. The van der Waals surface area contributed by atoms with Crippen LogP contribution in [0.15, 0.2) is 54.9 Å². The maximum Gasteiger partial charge on any atom is 0.274 e. The molecule has 5 nitrogen and oxygen atoms in total. The molecule has 0 spiro atoms. The Morgan fingerprint density at radius 3 is 2.73 bits per heavy atom. The Morgan fingerprint density at radius 2 is 1.96 bits per heavy atom. The van der Waals surface area contributed by atoms with Gasteiger partial charge in [-0.25, -0.2) is 14.4 Å². The second-order valence-corrected chi connectivity index (χ2v) is 6.06. The number of rotatable bonds is 5. The normalized spacial score (nSPS) is 10.4. The first-order valence-electron chi connectivity index (χ1n) is 7.90. The molecular weight excluding hydrogens is 355 g/mol. The minimum absolute atomic E-state index is 0.188. The van der Waals surface area contributed by atoms with Crippen LogP contribution >= 0.6 is 11.6 Å². The molecule has 3 rings (SSSR count). The zero-order valence-electron chi connectivity index (χ0n) is 14.0. The highest BCUT2D eigenvalue weighted by molar-refractivity contribution is 6.31. The molecule has 0 fully saturated rings. The smallest absolute Gasteiger partial charge is 0.274 e. The van der Waals surface area contributed by atoms with E-state index in [-0.39, 0.29) is 24.0 Å². The quantitative estimate of drug-likeness (QED) is 0.696. The molecule has 1 amide bonds. The van der Waals surface area contributed by atoms with Crippen LogP contribution in [0, 0.1) is 12.7 Å². The summed E-state index contributed by atoms with van der Waals surface area (Å²) in [6, 6.07) is 13.2. The Balaban J connectivity index is 1.69. The molecule has 0 aliphatic rings. The van der Waals surface area contributed by atoms with Crippen molar-refractivity contribution < 1.29 is 9.18 Å². The average Bonchev–Trinajstić information content (AvgIpc) is 2.64. The van der Waals surface area contributed by atoms with Gasteiger partial charge in [-0.2, -0.15) is 0 Å². The predicted octanol–water partition coefficient (Wildman–Crippen LogP) is 4.44. The van der Waals surface area contributed by atoms with E-state index in [9.17, 15) is 9.18 Å². The number of amides is 1. The van der Waals surface area contributed by atoms with Gasteiger partial charge in [0.15, 0.2) is 0 Å². The number of hydrogen-bond donors (Lipinski definition) is 2. The maximum atomic E-state index is 13.7. The first-order chi connectivity index (χ1) is 12.5. The van der Waals surface area contributed by atoms with Gasteiger partial charge in [-0.3, -0.25) is 4.79 Å². The van der Waals surface area contributed by atoms with E-state index in [1.54, 1.807) is 30.3 Å². The number of halogens is 2. The van der Waals surface area contributed by atoms with Crippen molar-refractivity contribution in [1.82, 2.24) is 9.97 Å². The van der Waals surface area contributed by atoms with Gasteiger partial charge in [0.25, 0.3) is 5.91 Å². The largest absolute Gasteiger partial charge is 0.366 e. The lowest BCUT2D eigenvalue weighted by atomic mass is 10.2. The number of aryl methyl sites for hydroxylation is 1. The van der Waals surface area contributed by atoms with E-state index in [1.807, 2.05) is 13.0 Å². The van der Waals surface area contributed by atoms with Crippen molar-refractivity contribution in [2.75, 3.05) is 10.6 Å². The number of nitrogens with one attached hydrogen (secondary N) is 2. The summed E-state index contributed by atoms with van der Waals surface area (Å²) in [6.07, 6.45) is 1.28. The number of anilines is 2. The van der Waals surface area contributed by atoms with Crippen LogP contribution in [0.1, 0.15) is 21.6 Å². The van der Waals surface area contributed by atoms with E-state index >= 15 is 0 Å². The second kappa shape index (κ2) is 7.93. The molecule has 1 aromatic heterocycles. The van der Waals surface area contributed by atoms with Crippen LogP contribution in [0.2, 0.25) is 5.02 Å². The molecule has 3 aromatic rings. The Bertz CT molecular complexity index is 948. The van der Waals surface area contributed by atoms with Crippen LogP contribution in [0.25, 0.3) is 0 Å². The van der Waals surface area contributed by atoms with Crippen molar-refractivity contribution in [3.05, 3.63) is 82.5 Å². The molecule has 7 heteroatoms. The van der Waals surface area contributed by atoms with Gasteiger partial charge in [0.1, 0.15) is 23.7 Å². The zero-order chi connectivity index (χ0) is 18.5. The zero-order valence-corrected chi connectivity index (χ0v) is 14.7. The van der Waals surface area contributed by atoms with Crippen LogP contribution in [0.3, 0.4) is 0 Å². The molecule has 0 atom stereocenters. The monoisotopic (exact) mass is 370 g/mol. The maximum absolute atomic E-state index is 13.7. The van der Waals surface area contributed by atoms with Gasteiger partial charge in [-0.05, 0) is 30.7 Å². The highest BCUT2D eigenvalue weighted by Gasteiger charge is 2.10. The minimum atomic E-state index is -0.388. The fraction of sp³-hybridized carbons (Fsp3) is 0.105. The molecule has 0 radical (unpaired) electrons. The van der Waals surface area contributed by atoms with Crippen LogP contribution in [-0.2, 0) is 6.54 Å². The van der Waals surface area contributed by atoms with Crippen molar-refractivity contribution >= 4 is 29.0 Å². The summed E-state index contributed by atoms with van der Waals surface area (Å²) < 4.78 is 13.7. The predicted molar refractivity (Wildman–Crippen MR) is 99.9 cm³/mol. The van der Waals surface area contributed by atoms with Crippen molar-refractivity contribution in [2.45, 2.75) is 13.5 Å². The molecule has 0 aliphatic carbocycles. The summed E-state index contributed by atoms with van der Waals surface area (Å²) in [5, 5.41) is 6.29. The summed E-state index contributed by atoms with van der Waals surface area (Å²) >= 11 is 6.06. The van der Waals surface area contributed by atoms with Gasteiger partial charge in [-0.15, -0.1) is 0 Å². The Morgan fingerprint density at radius 1 is 1.15 bits per heavy atom. The van der Waals surface area contributed by atoms with Gasteiger partial charge in [-0.1, -0.05) is 35.9 Å². The van der Waals surface area contributed by atoms with Crippen molar-refractivity contribution in [1.29, 1.82) is 0 Å². The molecular formula is C19H16ClFN4O. The third kappa shape index (κ3) is 4.34. The Labute approximate surface area is 155 Å². The van der Waals surface area contributed by atoms with Gasteiger partial charge >= 0.3 is 0 Å². The lowest BCUT2D eigenvalue weighted by Crippen LogP contribution is -2.15. The van der Waals surface area contributed by atoms with Gasteiger partial charge in [0, 0.05) is 28.9 Å². The van der Waals surface area contributed by atoms with Crippen LogP contribution in [0.4, 0.5) is 15.9 Å². The molecule has 0 unspecified atom stereocenters. The topological polar surface area (TPSA) is 66.9 Å². The number of carbonyl (C=O) groups is 1. The summed E-state index contributed by atoms with van der Waals surface area (Å²) in [4.78, 5) is 20.4. The number of carbonyl (C=O) groups excluding carboxylic acids is 1. The second-order valence-electron chi connectivity index (χ2n) is 5.65. The van der Waals surface area contributed by atoms with E-state index in [4.69, 9.17) is 11.6 Å². The SMILES string of the molecule is Cc1ccc(NC(=O)c2cc(NCc3ccccc3F)ncn2)cc1Cl. The molecule has 0 bridgehead atoms. The first-order valence-corrected chi connectivity index (χ1v) is 8.27. The lowest BCUT2D eigenvalue weighted by molar-refractivity contribution is 0.102. The molecule has 2 N–H and O–H groups in total. The van der Waals surface area contributed by atoms with Gasteiger partial charge in [0.2, 0.25) is 0 Å². The van der Waals surface area contributed by atoms with E-state index in [0.29, 0.717) is 22.1 Å². The van der Waals surface area contributed by atoms with E-state index in [0.717, 1.165) is 5.56 Å². The molecule has 0 aliphatic heterocycles. The van der Waals surface area contributed by atoms with E-state index in [1.165, 1.54) is 18.5 Å². The van der Waals surface area contributed by atoms with Crippen LogP contribution in [0.5, 0.6) is 0 Å². The molecule has 1 heterocycles. The third-order valence-electron chi connectivity index (χ3n) is 3.75. The van der Waals surface area contributed by atoms with E-state index < -0.39 is 0 Å². The first kappa shape index (κ1) is 17.8. The molecule has 26 heavy (non-hydrogen) atoms. The van der Waals surface area contributed by atoms with Crippen LogP contribution < -0.4 is 10.6 Å². The summed E-state index contributed by atoms with van der Waals surface area (Å²) in [7, 11) is 0. The fourth-order valence-corrected chi connectivity index (χ4v) is 2.45. The Hall–Kier alpha value is -2.99. The molecule has 0 saturated carbocycles. The lowest BCUT2D eigenvalue weighted by Gasteiger charge is -2.09. The summed E-state index contributed by atoms with van der Waals surface area (Å²) in [6.45, 7) is 2.13. The molecule has 2 aromatic carbocycles. The number of benzene rings is 2. The highest BCUT2D eigenvalue weighted by atomic mass is 35.5. The van der Waals surface area contributed by atoms with Crippen molar-refractivity contribution in [3.63, 3.8) is 0 Å². The standard InChI is InChI=1S/C19H16ClFN4O/c1-12-6-7-14(8-15(12)20)25-19(26)17-9-18(24-11-23-17)22-10-13-4-2-3-5-16(13)21/h2-9,11H,10H2,1H3,(H,25,26)(H,22,23,24). The molecule has 0 saturated heterocycles. The van der Waals surface area contributed by atoms with Crippen molar-refractivity contribution in [2.24, 2.45) is 0 Å². The van der Waals surface area contributed by atoms with E-state index in [2.05, 4.69) is 20.6 Å². The number of aromatic nitrogens is 2. The Kier molecular flexibility index (Phi) is 5.43. The number of hydrogen-bond acceptors (Lipinski definition) is 4. The minimum Gasteiger partial charge on any atom is -0.366 e. The average molecular weight is 371 g/mol. The third-order valence-corrected chi connectivity index (χ3v) is 4.15. The summed E-state index contributed by atoms with van der Waals surface area (Å²) in [5.41, 5.74) is 2.19. The molecule has 132 valence electrons. The van der Waals surface area contributed by atoms with Crippen molar-refractivity contribution in [3.8, 4) is 0 Å². The summed E-state index contributed by atoms with van der Waals surface area (Å²) in [5.74, 6) is -0.264. The van der Waals surface area contributed by atoms with Crippen LogP contribution in [-0.4, -0.2) is 15.9 Å². The fourth-order valence-electron chi connectivity index (χ4n) is 2.27.